The molecule has 1 aromatic heterocycles. The fourth-order valence-corrected chi connectivity index (χ4v) is 2.59. The summed E-state index contributed by atoms with van der Waals surface area (Å²) in [5.41, 5.74) is 0. The maximum absolute atomic E-state index is 10.6. The number of aromatic nitrogens is 1. The SMILES string of the molecule is NS(=O)(=O)CCSc1ccc(Cl)cn1. The molecule has 0 unspecified atom stereocenters. The number of primary sulfonamides is 1. The molecule has 0 fully saturated rings. The lowest BCUT2D eigenvalue weighted by Crippen LogP contribution is -2.17. The molecule has 0 aliphatic carbocycles. The van der Waals surface area contributed by atoms with E-state index in [-0.39, 0.29) is 5.75 Å². The number of nitrogens with two attached hydrogens (primary N) is 1. The molecule has 1 heterocycles. The van der Waals surface area contributed by atoms with Crippen LogP contribution in [0.15, 0.2) is 23.4 Å². The van der Waals surface area contributed by atoms with Crippen LogP contribution in [0.3, 0.4) is 0 Å². The standard InChI is InChI=1S/C7H9ClN2O2S2/c8-6-1-2-7(10-5-6)13-3-4-14(9,11)12/h1-2,5H,3-4H2,(H2,9,11,12). The number of nitrogens with zero attached hydrogens (tertiary/aromatic N) is 1. The van der Waals surface area contributed by atoms with Gasteiger partial charge in [0, 0.05) is 11.9 Å². The molecule has 0 atom stereocenters. The number of thioether (sulfide) groups is 1. The minimum Gasteiger partial charge on any atom is -0.248 e. The molecular formula is C7H9ClN2O2S2. The maximum atomic E-state index is 10.6. The van der Waals surface area contributed by atoms with Crippen molar-refractivity contribution in [2.75, 3.05) is 11.5 Å². The van der Waals surface area contributed by atoms with Gasteiger partial charge in [0.05, 0.1) is 15.8 Å². The number of rotatable bonds is 4. The van der Waals surface area contributed by atoms with Gasteiger partial charge in [-0.25, -0.2) is 18.5 Å². The molecule has 0 spiro atoms. The summed E-state index contributed by atoms with van der Waals surface area (Å²) in [5, 5.41) is 6.13. The van der Waals surface area contributed by atoms with Crippen LogP contribution in [-0.4, -0.2) is 24.9 Å². The minimum atomic E-state index is -3.38. The fourth-order valence-electron chi connectivity index (χ4n) is 0.710. The molecule has 0 amide bonds. The van der Waals surface area contributed by atoms with Crippen molar-refractivity contribution in [3.8, 4) is 0 Å². The highest BCUT2D eigenvalue weighted by Crippen LogP contribution is 2.16. The lowest BCUT2D eigenvalue weighted by atomic mass is 10.5. The average Bonchev–Trinajstić information content (AvgIpc) is 2.06. The lowest BCUT2D eigenvalue weighted by Gasteiger charge is -1.99. The van der Waals surface area contributed by atoms with Gasteiger partial charge in [-0.05, 0) is 12.1 Å². The number of halogens is 1. The third kappa shape index (κ3) is 4.80. The summed E-state index contributed by atoms with van der Waals surface area (Å²) in [6.07, 6.45) is 1.51. The number of hydrogen-bond acceptors (Lipinski definition) is 4. The Morgan fingerprint density at radius 2 is 2.21 bits per heavy atom. The van der Waals surface area contributed by atoms with Crippen LogP contribution in [0.4, 0.5) is 0 Å². The van der Waals surface area contributed by atoms with E-state index >= 15 is 0 Å². The molecule has 0 aliphatic rings. The Kier molecular flexibility index (Phi) is 4.18. The van der Waals surface area contributed by atoms with Crippen molar-refractivity contribution < 1.29 is 8.42 Å². The molecule has 0 aliphatic heterocycles. The summed E-state index contributed by atoms with van der Waals surface area (Å²) in [6, 6.07) is 3.43. The molecule has 0 radical (unpaired) electrons. The summed E-state index contributed by atoms with van der Waals surface area (Å²) in [4.78, 5) is 3.99. The van der Waals surface area contributed by atoms with Crippen molar-refractivity contribution in [3.05, 3.63) is 23.4 Å². The molecule has 0 saturated carbocycles. The first-order chi connectivity index (χ1) is 6.47. The number of pyridine rings is 1. The van der Waals surface area contributed by atoms with E-state index < -0.39 is 10.0 Å². The molecular weight excluding hydrogens is 244 g/mol. The van der Waals surface area contributed by atoms with Crippen LogP contribution in [0.5, 0.6) is 0 Å². The van der Waals surface area contributed by atoms with Gasteiger partial charge in [-0.2, -0.15) is 0 Å². The van der Waals surface area contributed by atoms with Gasteiger partial charge in [0.2, 0.25) is 10.0 Å². The smallest absolute Gasteiger partial charge is 0.209 e. The van der Waals surface area contributed by atoms with Crippen LogP contribution in [0, 0.1) is 0 Å². The number of sulfonamides is 1. The van der Waals surface area contributed by atoms with Gasteiger partial charge in [-0.1, -0.05) is 11.6 Å². The van der Waals surface area contributed by atoms with Crippen molar-refractivity contribution in [2.24, 2.45) is 5.14 Å². The highest BCUT2D eigenvalue weighted by atomic mass is 35.5. The summed E-state index contributed by atoms with van der Waals surface area (Å²) in [6.45, 7) is 0. The van der Waals surface area contributed by atoms with Gasteiger partial charge >= 0.3 is 0 Å². The Balaban J connectivity index is 2.43. The topological polar surface area (TPSA) is 73.1 Å². The molecule has 7 heteroatoms. The normalized spacial score (nSPS) is 11.6. The zero-order valence-corrected chi connectivity index (χ0v) is 9.57. The maximum Gasteiger partial charge on any atom is 0.209 e. The van der Waals surface area contributed by atoms with E-state index in [1.165, 1.54) is 18.0 Å². The van der Waals surface area contributed by atoms with E-state index in [0.29, 0.717) is 10.8 Å². The minimum absolute atomic E-state index is 0.0536. The summed E-state index contributed by atoms with van der Waals surface area (Å²) < 4.78 is 21.2. The average molecular weight is 253 g/mol. The lowest BCUT2D eigenvalue weighted by molar-refractivity contribution is 0.599. The molecule has 0 bridgehead atoms. The Morgan fingerprint density at radius 1 is 1.50 bits per heavy atom. The van der Waals surface area contributed by atoms with E-state index in [9.17, 15) is 8.42 Å². The summed E-state index contributed by atoms with van der Waals surface area (Å²) >= 11 is 6.96. The van der Waals surface area contributed by atoms with Crippen LogP contribution in [0.1, 0.15) is 0 Å². The van der Waals surface area contributed by atoms with Gasteiger partial charge in [0.25, 0.3) is 0 Å². The van der Waals surface area contributed by atoms with Crippen LogP contribution in [0.25, 0.3) is 0 Å². The van der Waals surface area contributed by atoms with Crippen LogP contribution in [0.2, 0.25) is 5.02 Å². The van der Waals surface area contributed by atoms with Crippen molar-refractivity contribution in [2.45, 2.75) is 5.03 Å². The Labute approximate surface area is 91.9 Å². The number of hydrogen-bond donors (Lipinski definition) is 1. The largest absolute Gasteiger partial charge is 0.248 e. The molecule has 78 valence electrons. The summed E-state index contributed by atoms with van der Waals surface area (Å²) in [7, 11) is -3.38. The highest BCUT2D eigenvalue weighted by molar-refractivity contribution is 8.00. The van der Waals surface area contributed by atoms with E-state index in [0.717, 1.165) is 5.03 Å². The second-order valence-corrected chi connectivity index (χ2v) is 5.82. The van der Waals surface area contributed by atoms with Crippen LogP contribution >= 0.6 is 23.4 Å². The summed E-state index contributed by atoms with van der Waals surface area (Å²) in [5.74, 6) is 0.343. The molecule has 0 aromatic carbocycles. The van der Waals surface area contributed by atoms with E-state index in [1.807, 2.05) is 0 Å². The first-order valence-corrected chi connectivity index (χ1v) is 6.80. The van der Waals surface area contributed by atoms with E-state index in [1.54, 1.807) is 12.1 Å². The predicted molar refractivity (Wildman–Crippen MR) is 57.9 cm³/mol. The zero-order valence-electron chi connectivity index (χ0n) is 7.18. The monoisotopic (exact) mass is 252 g/mol. The van der Waals surface area contributed by atoms with E-state index in [4.69, 9.17) is 16.7 Å². The molecule has 1 aromatic rings. The first-order valence-electron chi connectivity index (χ1n) is 3.72. The fraction of sp³-hybridized carbons (Fsp3) is 0.286. The van der Waals surface area contributed by atoms with Crippen molar-refractivity contribution >= 4 is 33.4 Å². The Hall–Kier alpha value is -0.300. The van der Waals surface area contributed by atoms with Gasteiger partial charge < -0.3 is 0 Å². The van der Waals surface area contributed by atoms with Gasteiger partial charge in [0.15, 0.2) is 0 Å². The Morgan fingerprint density at radius 3 is 2.71 bits per heavy atom. The predicted octanol–water partition coefficient (Wildman–Crippen LogP) is 1.12. The van der Waals surface area contributed by atoms with Gasteiger partial charge in [-0.15, -0.1) is 11.8 Å². The van der Waals surface area contributed by atoms with Gasteiger partial charge in [0.1, 0.15) is 0 Å². The first kappa shape index (κ1) is 11.8. The third-order valence-electron chi connectivity index (χ3n) is 1.32. The quantitative estimate of drug-likeness (QED) is 0.815. The zero-order chi connectivity index (χ0) is 10.6. The van der Waals surface area contributed by atoms with Gasteiger partial charge in [-0.3, -0.25) is 0 Å². The molecule has 14 heavy (non-hydrogen) atoms. The third-order valence-corrected chi connectivity index (χ3v) is 3.52. The molecule has 1 rings (SSSR count). The molecule has 2 N–H and O–H groups in total. The van der Waals surface area contributed by atoms with Crippen molar-refractivity contribution in [1.29, 1.82) is 0 Å². The van der Waals surface area contributed by atoms with Crippen LogP contribution < -0.4 is 5.14 Å². The highest BCUT2D eigenvalue weighted by Gasteiger charge is 2.03. The van der Waals surface area contributed by atoms with Crippen LogP contribution in [-0.2, 0) is 10.0 Å². The second kappa shape index (κ2) is 4.97. The van der Waals surface area contributed by atoms with Crippen molar-refractivity contribution in [3.63, 3.8) is 0 Å². The Bertz CT molecular complexity index is 391. The van der Waals surface area contributed by atoms with E-state index in [2.05, 4.69) is 4.98 Å². The molecule has 4 nitrogen and oxygen atoms in total. The second-order valence-electron chi connectivity index (χ2n) is 2.53. The molecule has 0 saturated heterocycles. The van der Waals surface area contributed by atoms with Crippen molar-refractivity contribution in [1.82, 2.24) is 4.98 Å².